The summed E-state index contributed by atoms with van der Waals surface area (Å²) < 4.78 is 1.13. The highest BCUT2D eigenvalue weighted by molar-refractivity contribution is 9.10. The summed E-state index contributed by atoms with van der Waals surface area (Å²) in [4.78, 5) is 0. The van der Waals surface area contributed by atoms with Gasteiger partial charge in [-0.1, -0.05) is 95.8 Å². The minimum Gasteiger partial charge on any atom is -0.0918 e. The molecule has 2 rings (SSSR count). The largest absolute Gasteiger partial charge is 0.0918 e. The van der Waals surface area contributed by atoms with Crippen molar-refractivity contribution in [3.05, 3.63) is 69.2 Å². The summed E-state index contributed by atoms with van der Waals surface area (Å²) in [6, 6.07) is 16.4. The van der Waals surface area contributed by atoms with Gasteiger partial charge in [-0.25, -0.2) is 0 Å². The van der Waals surface area contributed by atoms with E-state index in [1.807, 2.05) is 24.3 Å². The Balaban J connectivity index is 2.46. The van der Waals surface area contributed by atoms with Crippen LogP contribution in [0.5, 0.6) is 0 Å². The Labute approximate surface area is 150 Å². The molecule has 0 nitrogen and oxygen atoms in total. The predicted molar refractivity (Wildman–Crippen MR) is 98.6 cm³/mol. The Morgan fingerprint density at radius 3 is 2.10 bits per heavy atom. The summed E-state index contributed by atoms with van der Waals surface area (Å²) in [5.74, 6) is 0. The van der Waals surface area contributed by atoms with Crippen molar-refractivity contribution in [3.8, 4) is 0 Å². The molecule has 0 aliphatic rings. The fourth-order valence-corrected chi connectivity index (χ4v) is 5.10. The molecule has 0 aliphatic carbocycles. The van der Waals surface area contributed by atoms with Crippen LogP contribution in [-0.2, 0) is 11.8 Å². The monoisotopic (exact) mass is 478 g/mol. The zero-order chi connectivity index (χ0) is 14.6. The van der Waals surface area contributed by atoms with Crippen molar-refractivity contribution in [2.45, 2.75) is 11.8 Å². The van der Waals surface area contributed by atoms with Crippen molar-refractivity contribution in [2.24, 2.45) is 0 Å². The lowest BCUT2D eigenvalue weighted by Gasteiger charge is -2.32. The van der Waals surface area contributed by atoms with Crippen LogP contribution in [0.2, 0.25) is 5.02 Å². The molecule has 4 heteroatoms. The maximum atomic E-state index is 6.33. The van der Waals surface area contributed by atoms with Crippen molar-refractivity contribution < 1.29 is 0 Å². The van der Waals surface area contributed by atoms with Gasteiger partial charge in [0.2, 0.25) is 0 Å². The molecule has 0 aromatic heterocycles. The van der Waals surface area contributed by atoms with E-state index in [2.05, 4.69) is 72.1 Å². The predicted octanol–water partition coefficient (Wildman–Crippen LogP) is 6.37. The van der Waals surface area contributed by atoms with E-state index in [9.17, 15) is 0 Å². The van der Waals surface area contributed by atoms with Gasteiger partial charge in [0.15, 0.2) is 0 Å². The Bertz CT molecular complexity index is 579. The van der Waals surface area contributed by atoms with Gasteiger partial charge in [0.25, 0.3) is 0 Å². The number of halogens is 4. The molecule has 0 N–H and O–H groups in total. The molecule has 0 fully saturated rings. The zero-order valence-corrected chi connectivity index (χ0v) is 16.3. The minimum absolute atomic E-state index is 0.0366. The van der Waals surface area contributed by atoms with Crippen LogP contribution in [0.15, 0.2) is 53.0 Å². The number of benzene rings is 2. The van der Waals surface area contributed by atoms with E-state index in [1.54, 1.807) is 0 Å². The normalized spacial score (nSPS) is 11.6. The Morgan fingerprint density at radius 2 is 1.50 bits per heavy atom. The van der Waals surface area contributed by atoms with Crippen LogP contribution < -0.4 is 0 Å². The summed E-state index contributed by atoms with van der Waals surface area (Å²) >= 11 is 17.4. The van der Waals surface area contributed by atoms with Crippen LogP contribution in [0.3, 0.4) is 0 Å². The Morgan fingerprint density at radius 1 is 0.900 bits per heavy atom. The van der Waals surface area contributed by atoms with Gasteiger partial charge in [0.05, 0.1) is 0 Å². The molecule has 0 unspecified atom stereocenters. The van der Waals surface area contributed by atoms with Gasteiger partial charge < -0.3 is 0 Å². The molecule has 2 aromatic rings. The molecular weight excluding hydrogens is 467 g/mol. The Hall–Kier alpha value is 0.170. The second-order valence-electron chi connectivity index (χ2n) is 4.80. The van der Waals surface area contributed by atoms with E-state index in [1.165, 1.54) is 11.1 Å². The molecule has 0 saturated carbocycles. The van der Waals surface area contributed by atoms with Crippen molar-refractivity contribution >= 4 is 59.4 Å². The first-order valence-corrected chi connectivity index (χ1v) is 9.65. The lowest BCUT2D eigenvalue weighted by atomic mass is 9.79. The molecule has 0 radical (unpaired) electrons. The van der Waals surface area contributed by atoms with Crippen LogP contribution in [0.4, 0.5) is 0 Å². The van der Waals surface area contributed by atoms with Gasteiger partial charge in [-0.2, -0.15) is 0 Å². The van der Waals surface area contributed by atoms with Crippen molar-refractivity contribution in [1.29, 1.82) is 0 Å². The second kappa shape index (κ2) is 7.44. The number of alkyl halides is 2. The lowest BCUT2D eigenvalue weighted by Crippen LogP contribution is -2.33. The first kappa shape index (κ1) is 16.5. The summed E-state index contributed by atoms with van der Waals surface area (Å²) in [5.41, 5.74) is 2.42. The van der Waals surface area contributed by atoms with Crippen LogP contribution in [-0.4, -0.2) is 10.7 Å². The molecule has 0 aliphatic heterocycles. The van der Waals surface area contributed by atoms with Gasteiger partial charge in [0.1, 0.15) is 0 Å². The average Bonchev–Trinajstić information content (AvgIpc) is 2.48. The fraction of sp³-hybridized carbons (Fsp3) is 0.250. The van der Waals surface area contributed by atoms with E-state index < -0.39 is 0 Å². The van der Waals surface area contributed by atoms with Crippen LogP contribution in [0, 0.1) is 0 Å². The lowest BCUT2D eigenvalue weighted by molar-refractivity contribution is 0.548. The summed E-state index contributed by atoms with van der Waals surface area (Å²) in [5, 5.41) is 2.55. The number of rotatable bonds is 5. The maximum absolute atomic E-state index is 6.33. The standard InChI is InChI=1S/C16H14Br3Cl/c17-10-16(11-18,13-6-2-3-7-14(13)19)9-12-5-1-4-8-15(12)20/h1-8H,9-11H2. The van der Waals surface area contributed by atoms with E-state index in [0.717, 1.165) is 26.6 Å². The van der Waals surface area contributed by atoms with Gasteiger partial charge in [-0.15, -0.1) is 0 Å². The highest BCUT2D eigenvalue weighted by Gasteiger charge is 2.32. The maximum Gasteiger partial charge on any atom is 0.0438 e. The van der Waals surface area contributed by atoms with Crippen LogP contribution >= 0.6 is 59.4 Å². The van der Waals surface area contributed by atoms with Gasteiger partial charge in [-0.05, 0) is 29.7 Å². The quantitative estimate of drug-likeness (QED) is 0.435. The molecule has 106 valence electrons. The van der Waals surface area contributed by atoms with Gasteiger partial charge in [0, 0.05) is 25.6 Å². The summed E-state index contributed by atoms with van der Waals surface area (Å²) in [7, 11) is 0. The molecule has 0 atom stereocenters. The zero-order valence-electron chi connectivity index (χ0n) is 10.8. The molecule has 2 aromatic carbocycles. The molecule has 0 bridgehead atoms. The highest BCUT2D eigenvalue weighted by Crippen LogP contribution is 2.38. The molecule has 0 heterocycles. The fourth-order valence-electron chi connectivity index (χ4n) is 2.27. The van der Waals surface area contributed by atoms with E-state index in [-0.39, 0.29) is 5.41 Å². The Kier molecular flexibility index (Phi) is 6.15. The van der Waals surface area contributed by atoms with Crippen molar-refractivity contribution in [3.63, 3.8) is 0 Å². The van der Waals surface area contributed by atoms with E-state index >= 15 is 0 Å². The molecule has 0 amide bonds. The third-order valence-electron chi connectivity index (χ3n) is 3.44. The highest BCUT2D eigenvalue weighted by atomic mass is 79.9. The van der Waals surface area contributed by atoms with E-state index in [0.29, 0.717) is 0 Å². The molecule has 20 heavy (non-hydrogen) atoms. The molecule has 0 spiro atoms. The van der Waals surface area contributed by atoms with Crippen molar-refractivity contribution in [2.75, 3.05) is 10.7 Å². The summed E-state index contributed by atoms with van der Waals surface area (Å²) in [6.07, 6.45) is 0.881. The molecule has 0 saturated heterocycles. The first-order valence-electron chi connectivity index (χ1n) is 6.23. The number of hydrogen-bond donors (Lipinski definition) is 0. The smallest absolute Gasteiger partial charge is 0.0438 e. The second-order valence-corrected chi connectivity index (χ2v) is 7.18. The first-order chi connectivity index (χ1) is 9.63. The number of hydrogen-bond acceptors (Lipinski definition) is 0. The minimum atomic E-state index is -0.0366. The third-order valence-corrected chi connectivity index (χ3v) is 6.65. The SMILES string of the molecule is Clc1ccccc1CC(CBr)(CBr)c1ccccc1Br. The topological polar surface area (TPSA) is 0 Å². The van der Waals surface area contributed by atoms with E-state index in [4.69, 9.17) is 11.6 Å². The average molecular weight is 481 g/mol. The van der Waals surface area contributed by atoms with Crippen molar-refractivity contribution in [1.82, 2.24) is 0 Å². The third kappa shape index (κ3) is 3.49. The van der Waals surface area contributed by atoms with Crippen LogP contribution in [0.1, 0.15) is 11.1 Å². The molecular formula is C16H14Br3Cl. The van der Waals surface area contributed by atoms with Gasteiger partial charge in [-0.3, -0.25) is 0 Å². The van der Waals surface area contributed by atoms with Gasteiger partial charge >= 0.3 is 0 Å². The van der Waals surface area contributed by atoms with Crippen LogP contribution in [0.25, 0.3) is 0 Å². The summed E-state index contributed by atoms with van der Waals surface area (Å²) in [6.45, 7) is 0.